The maximum atomic E-state index is 12.7. The molecule has 27 heavy (non-hydrogen) atoms. The van der Waals surface area contributed by atoms with Crippen LogP contribution in [0, 0.1) is 0 Å². The van der Waals surface area contributed by atoms with Crippen LogP contribution in [0.25, 0.3) is 10.2 Å². The zero-order chi connectivity index (χ0) is 18.6. The summed E-state index contributed by atoms with van der Waals surface area (Å²) >= 11 is 1.77. The second kappa shape index (κ2) is 8.19. The van der Waals surface area contributed by atoms with Gasteiger partial charge in [-0.3, -0.25) is 9.69 Å². The fourth-order valence-corrected chi connectivity index (χ4v) is 4.63. The van der Waals surface area contributed by atoms with E-state index in [1.54, 1.807) is 11.3 Å². The molecule has 2 aromatic carbocycles. The van der Waals surface area contributed by atoms with Crippen molar-refractivity contribution in [3.63, 3.8) is 0 Å². The van der Waals surface area contributed by atoms with Crippen LogP contribution in [0.15, 0.2) is 54.6 Å². The smallest absolute Gasteiger partial charge is 0.223 e. The summed E-state index contributed by atoms with van der Waals surface area (Å²) in [6, 6.07) is 18.6. The highest BCUT2D eigenvalue weighted by Crippen LogP contribution is 2.24. The van der Waals surface area contributed by atoms with Crippen LogP contribution in [-0.4, -0.2) is 46.9 Å². The molecule has 0 unspecified atom stereocenters. The Morgan fingerprint density at radius 2 is 1.74 bits per heavy atom. The molecule has 1 amide bonds. The lowest BCUT2D eigenvalue weighted by atomic mass is 9.97. The Kier molecular flexibility index (Phi) is 5.50. The van der Waals surface area contributed by atoms with Crippen LogP contribution in [0.4, 0.5) is 0 Å². The quantitative estimate of drug-likeness (QED) is 0.669. The molecule has 1 saturated heterocycles. The minimum Gasteiger partial charge on any atom is -0.340 e. The number of aromatic nitrogens is 1. The topological polar surface area (TPSA) is 36.4 Å². The van der Waals surface area contributed by atoms with Crippen molar-refractivity contribution in [1.82, 2.24) is 14.8 Å². The molecule has 1 fully saturated rings. The molecule has 0 radical (unpaired) electrons. The standard InChI is InChI=1S/C22H25N3OS/c1-17(18-7-3-2-4-8-18)15-22(26)25-13-11-24(12-14-25)16-21-23-19-9-5-6-10-20(19)27-21/h2-10,17H,11-16H2,1H3/t17-/m1/s1. The molecule has 3 aromatic rings. The second-order valence-electron chi connectivity index (χ2n) is 7.25. The van der Waals surface area contributed by atoms with Gasteiger partial charge in [-0.2, -0.15) is 0 Å². The number of benzene rings is 2. The Morgan fingerprint density at radius 1 is 1.04 bits per heavy atom. The number of thiazole rings is 1. The zero-order valence-electron chi connectivity index (χ0n) is 15.7. The van der Waals surface area contributed by atoms with Crippen LogP contribution in [0.3, 0.4) is 0 Å². The summed E-state index contributed by atoms with van der Waals surface area (Å²) in [5.74, 6) is 0.533. The van der Waals surface area contributed by atoms with Gasteiger partial charge >= 0.3 is 0 Å². The molecule has 1 atom stereocenters. The lowest BCUT2D eigenvalue weighted by Gasteiger charge is -2.34. The number of fused-ring (bicyclic) bond motifs is 1. The summed E-state index contributed by atoms with van der Waals surface area (Å²) in [6.45, 7) is 6.47. The van der Waals surface area contributed by atoms with Crippen molar-refractivity contribution in [2.24, 2.45) is 0 Å². The largest absolute Gasteiger partial charge is 0.340 e. The molecule has 1 aromatic heterocycles. The van der Waals surface area contributed by atoms with E-state index in [-0.39, 0.29) is 11.8 Å². The number of carbonyl (C=O) groups is 1. The van der Waals surface area contributed by atoms with Gasteiger partial charge in [0.1, 0.15) is 5.01 Å². The molecule has 0 bridgehead atoms. The minimum absolute atomic E-state index is 0.263. The summed E-state index contributed by atoms with van der Waals surface area (Å²) in [4.78, 5) is 21.8. The van der Waals surface area contributed by atoms with Crippen LogP contribution in [0.1, 0.15) is 29.8 Å². The van der Waals surface area contributed by atoms with Crippen molar-refractivity contribution < 1.29 is 4.79 Å². The lowest BCUT2D eigenvalue weighted by Crippen LogP contribution is -2.48. The van der Waals surface area contributed by atoms with Crippen molar-refractivity contribution in [2.75, 3.05) is 26.2 Å². The van der Waals surface area contributed by atoms with Gasteiger partial charge in [0.25, 0.3) is 0 Å². The van der Waals surface area contributed by atoms with Crippen molar-refractivity contribution in [2.45, 2.75) is 25.8 Å². The number of nitrogens with zero attached hydrogens (tertiary/aromatic N) is 3. The Balaban J connectivity index is 1.28. The minimum atomic E-state index is 0.263. The molecular weight excluding hydrogens is 354 g/mol. The number of piperazine rings is 1. The SMILES string of the molecule is C[C@H](CC(=O)N1CCN(Cc2nc3ccccc3s2)CC1)c1ccccc1. The number of amides is 1. The summed E-state index contributed by atoms with van der Waals surface area (Å²) in [7, 11) is 0. The Labute approximate surface area is 164 Å². The first-order valence-electron chi connectivity index (χ1n) is 9.58. The molecule has 1 aliphatic rings. The van der Waals surface area contributed by atoms with Gasteiger partial charge in [-0.1, -0.05) is 49.4 Å². The van der Waals surface area contributed by atoms with E-state index < -0.39 is 0 Å². The summed E-state index contributed by atoms with van der Waals surface area (Å²) in [5.41, 5.74) is 2.32. The first kappa shape index (κ1) is 18.1. The first-order chi connectivity index (χ1) is 13.2. The molecule has 5 heteroatoms. The molecule has 4 nitrogen and oxygen atoms in total. The van der Waals surface area contributed by atoms with Gasteiger partial charge in [-0.15, -0.1) is 11.3 Å². The molecule has 4 rings (SSSR count). The number of hydrogen-bond acceptors (Lipinski definition) is 4. The fraction of sp³-hybridized carbons (Fsp3) is 0.364. The molecule has 0 aliphatic carbocycles. The highest BCUT2D eigenvalue weighted by molar-refractivity contribution is 7.18. The zero-order valence-corrected chi connectivity index (χ0v) is 16.5. The van der Waals surface area contributed by atoms with Gasteiger partial charge in [-0.05, 0) is 23.6 Å². The normalized spacial score (nSPS) is 16.6. The van der Waals surface area contributed by atoms with Gasteiger partial charge < -0.3 is 4.90 Å². The number of carbonyl (C=O) groups excluding carboxylic acids is 1. The number of hydrogen-bond donors (Lipinski definition) is 0. The van der Waals surface area contributed by atoms with Gasteiger partial charge in [-0.25, -0.2) is 4.98 Å². The second-order valence-corrected chi connectivity index (χ2v) is 8.36. The van der Waals surface area contributed by atoms with Crippen LogP contribution in [0.2, 0.25) is 0 Å². The Morgan fingerprint density at radius 3 is 2.48 bits per heavy atom. The first-order valence-corrected chi connectivity index (χ1v) is 10.4. The van der Waals surface area contributed by atoms with E-state index in [0.29, 0.717) is 6.42 Å². The van der Waals surface area contributed by atoms with E-state index in [1.165, 1.54) is 10.3 Å². The Bertz CT molecular complexity index is 867. The average Bonchev–Trinajstić information content (AvgIpc) is 3.11. The third kappa shape index (κ3) is 4.37. The predicted molar refractivity (Wildman–Crippen MR) is 111 cm³/mol. The van der Waals surface area contributed by atoms with Crippen molar-refractivity contribution in [3.05, 3.63) is 65.2 Å². The lowest BCUT2D eigenvalue weighted by molar-refractivity contribution is -0.133. The number of para-hydroxylation sites is 1. The van der Waals surface area contributed by atoms with Crippen LogP contribution < -0.4 is 0 Å². The van der Waals surface area contributed by atoms with Crippen molar-refractivity contribution in [3.8, 4) is 0 Å². The maximum Gasteiger partial charge on any atom is 0.223 e. The van der Waals surface area contributed by atoms with Crippen LogP contribution in [0.5, 0.6) is 0 Å². The maximum absolute atomic E-state index is 12.7. The molecule has 0 spiro atoms. The Hall–Kier alpha value is -2.24. The molecule has 2 heterocycles. The third-order valence-electron chi connectivity index (χ3n) is 5.27. The van der Waals surface area contributed by atoms with E-state index in [2.05, 4.69) is 42.2 Å². The third-order valence-corrected chi connectivity index (χ3v) is 6.29. The van der Waals surface area contributed by atoms with Gasteiger partial charge in [0.15, 0.2) is 0 Å². The van der Waals surface area contributed by atoms with E-state index >= 15 is 0 Å². The number of rotatable bonds is 5. The summed E-state index contributed by atoms with van der Waals surface area (Å²) in [6.07, 6.45) is 0.585. The molecule has 0 N–H and O–H groups in total. The van der Waals surface area contributed by atoms with E-state index in [9.17, 15) is 4.79 Å². The van der Waals surface area contributed by atoms with Gasteiger partial charge in [0, 0.05) is 32.6 Å². The van der Waals surface area contributed by atoms with Crippen LogP contribution in [-0.2, 0) is 11.3 Å². The monoisotopic (exact) mass is 379 g/mol. The molecule has 1 aliphatic heterocycles. The van der Waals surface area contributed by atoms with Crippen molar-refractivity contribution >= 4 is 27.5 Å². The van der Waals surface area contributed by atoms with Crippen LogP contribution >= 0.6 is 11.3 Å². The average molecular weight is 380 g/mol. The van der Waals surface area contributed by atoms with E-state index in [4.69, 9.17) is 4.98 Å². The molecule has 0 saturated carbocycles. The van der Waals surface area contributed by atoms with Gasteiger partial charge in [0.2, 0.25) is 5.91 Å². The highest BCUT2D eigenvalue weighted by atomic mass is 32.1. The van der Waals surface area contributed by atoms with E-state index in [1.807, 2.05) is 29.2 Å². The summed E-state index contributed by atoms with van der Waals surface area (Å²) < 4.78 is 1.25. The van der Waals surface area contributed by atoms with Crippen molar-refractivity contribution in [1.29, 1.82) is 0 Å². The molecule has 140 valence electrons. The predicted octanol–water partition coefficient (Wildman–Crippen LogP) is 4.13. The highest BCUT2D eigenvalue weighted by Gasteiger charge is 2.23. The fourth-order valence-electron chi connectivity index (χ4n) is 3.62. The molecular formula is C22H25N3OS. The van der Waals surface area contributed by atoms with Gasteiger partial charge in [0.05, 0.1) is 16.8 Å². The summed E-state index contributed by atoms with van der Waals surface area (Å²) in [5, 5.41) is 1.16. The van der Waals surface area contributed by atoms with E-state index in [0.717, 1.165) is 43.2 Å².